The van der Waals surface area contributed by atoms with Crippen LogP contribution in [0.25, 0.3) is 11.0 Å². The maximum atomic E-state index is 12.6. The summed E-state index contributed by atoms with van der Waals surface area (Å²) in [6, 6.07) is 1.60. The average Bonchev–Trinajstić information content (AvgIpc) is 3.20. The number of piperazine rings is 1. The van der Waals surface area contributed by atoms with Crippen LogP contribution < -0.4 is 5.32 Å². The normalized spacial score (nSPS) is 21.5. The van der Waals surface area contributed by atoms with E-state index in [-0.39, 0.29) is 23.4 Å². The summed E-state index contributed by atoms with van der Waals surface area (Å²) in [4.78, 5) is 32.8. The molecule has 1 atom stereocenters. The van der Waals surface area contributed by atoms with Gasteiger partial charge >= 0.3 is 6.03 Å². The van der Waals surface area contributed by atoms with Crippen LogP contribution in [0.4, 0.5) is 10.5 Å². The first-order valence-electron chi connectivity index (χ1n) is 9.58. The Balaban J connectivity index is 1.34. The van der Waals surface area contributed by atoms with Crippen molar-refractivity contribution in [2.45, 2.75) is 13.3 Å². The van der Waals surface area contributed by atoms with E-state index in [2.05, 4.69) is 15.4 Å². The van der Waals surface area contributed by atoms with Gasteiger partial charge in [0, 0.05) is 38.6 Å². The van der Waals surface area contributed by atoms with Gasteiger partial charge in [0.25, 0.3) is 0 Å². The van der Waals surface area contributed by atoms with Crippen LogP contribution in [0.5, 0.6) is 0 Å². The van der Waals surface area contributed by atoms with Crippen LogP contribution in [0.3, 0.4) is 0 Å². The molecule has 0 aliphatic carbocycles. The highest BCUT2D eigenvalue weighted by molar-refractivity contribution is 7.91. The third-order valence-electron chi connectivity index (χ3n) is 5.57. The second-order valence-corrected chi connectivity index (χ2v) is 9.88. The monoisotopic (exact) mass is 420 g/mol. The molecule has 156 valence electrons. The highest BCUT2D eigenvalue weighted by Gasteiger charge is 2.36. The average molecular weight is 420 g/mol. The van der Waals surface area contributed by atoms with Gasteiger partial charge in [-0.25, -0.2) is 18.2 Å². The second-order valence-electron chi connectivity index (χ2n) is 7.65. The molecule has 0 aromatic carbocycles. The van der Waals surface area contributed by atoms with Crippen LogP contribution in [0, 0.1) is 12.8 Å². The molecular weight excluding hydrogens is 396 g/mol. The molecule has 2 aliphatic heterocycles. The Morgan fingerprint density at radius 1 is 1.17 bits per heavy atom. The second kappa shape index (κ2) is 7.29. The Kier molecular flexibility index (Phi) is 4.93. The summed E-state index contributed by atoms with van der Waals surface area (Å²) in [5.41, 5.74) is 2.18. The zero-order valence-corrected chi connectivity index (χ0v) is 17.3. The van der Waals surface area contributed by atoms with Crippen LogP contribution in [0.1, 0.15) is 12.1 Å². The summed E-state index contributed by atoms with van der Waals surface area (Å²) in [6.45, 7) is 3.50. The summed E-state index contributed by atoms with van der Waals surface area (Å²) in [5, 5.41) is 8.06. The molecule has 4 heterocycles. The number of fused-ring (bicyclic) bond motifs is 1. The van der Waals surface area contributed by atoms with Crippen molar-refractivity contribution < 1.29 is 18.0 Å². The first-order chi connectivity index (χ1) is 13.7. The molecular formula is C18H24N6O4S. The van der Waals surface area contributed by atoms with Crippen molar-refractivity contribution >= 4 is 38.5 Å². The number of sulfone groups is 1. The van der Waals surface area contributed by atoms with Gasteiger partial charge in [0.2, 0.25) is 5.91 Å². The smallest absolute Gasteiger partial charge is 0.322 e. The van der Waals surface area contributed by atoms with Gasteiger partial charge in [-0.15, -0.1) is 0 Å². The lowest BCUT2D eigenvalue weighted by molar-refractivity contribution is -0.136. The van der Waals surface area contributed by atoms with Crippen LogP contribution in [0.2, 0.25) is 0 Å². The Morgan fingerprint density at radius 2 is 1.86 bits per heavy atom. The quantitative estimate of drug-likeness (QED) is 0.751. The molecule has 2 saturated heterocycles. The highest BCUT2D eigenvalue weighted by Crippen LogP contribution is 2.22. The van der Waals surface area contributed by atoms with Gasteiger partial charge < -0.3 is 15.1 Å². The van der Waals surface area contributed by atoms with E-state index in [4.69, 9.17) is 0 Å². The molecule has 1 unspecified atom stereocenters. The zero-order chi connectivity index (χ0) is 20.8. The summed E-state index contributed by atoms with van der Waals surface area (Å²) in [7, 11) is -1.27. The molecule has 29 heavy (non-hydrogen) atoms. The van der Waals surface area contributed by atoms with Gasteiger partial charge in [0.05, 0.1) is 35.0 Å². The molecule has 11 heteroatoms. The summed E-state index contributed by atoms with van der Waals surface area (Å²) >= 11 is 0. The van der Waals surface area contributed by atoms with Gasteiger partial charge in [-0.05, 0) is 19.4 Å². The molecule has 2 aromatic rings. The summed E-state index contributed by atoms with van der Waals surface area (Å²) < 4.78 is 24.9. The number of amides is 3. The number of anilines is 1. The number of carbonyl (C=O) groups is 2. The van der Waals surface area contributed by atoms with Crippen molar-refractivity contribution in [2.75, 3.05) is 43.0 Å². The number of hydrogen-bond acceptors (Lipinski definition) is 6. The van der Waals surface area contributed by atoms with Crippen molar-refractivity contribution in [1.29, 1.82) is 0 Å². The predicted octanol–water partition coefficient (Wildman–Crippen LogP) is 0.388. The van der Waals surface area contributed by atoms with Gasteiger partial charge in [-0.3, -0.25) is 9.48 Å². The lowest BCUT2D eigenvalue weighted by atomic mass is 10.1. The van der Waals surface area contributed by atoms with E-state index >= 15 is 0 Å². The SMILES string of the molecule is Cc1nn(C)c2ncc(NC(=O)N3CCN(C(=O)C4CCS(=O)(=O)C4)CC3)cc12. The fraction of sp³-hybridized carbons (Fsp3) is 0.556. The first-order valence-corrected chi connectivity index (χ1v) is 11.4. The highest BCUT2D eigenvalue weighted by atomic mass is 32.2. The molecule has 2 fully saturated rings. The minimum atomic E-state index is -3.09. The molecule has 10 nitrogen and oxygen atoms in total. The molecule has 1 N–H and O–H groups in total. The molecule has 3 amide bonds. The zero-order valence-electron chi connectivity index (χ0n) is 16.5. The fourth-order valence-corrected chi connectivity index (χ4v) is 5.69. The number of hydrogen-bond donors (Lipinski definition) is 1. The molecule has 0 saturated carbocycles. The predicted molar refractivity (Wildman–Crippen MR) is 107 cm³/mol. The first kappa shape index (κ1) is 19.6. The molecule has 0 bridgehead atoms. The van der Waals surface area contributed by atoms with E-state index < -0.39 is 15.8 Å². The van der Waals surface area contributed by atoms with Crippen molar-refractivity contribution in [3.05, 3.63) is 18.0 Å². The van der Waals surface area contributed by atoms with Crippen LogP contribution in [-0.4, -0.2) is 82.6 Å². The molecule has 2 aromatic heterocycles. The molecule has 4 rings (SSSR count). The van der Waals surface area contributed by atoms with Crippen LogP contribution in [-0.2, 0) is 21.7 Å². The number of carbonyl (C=O) groups excluding carboxylic acids is 2. The van der Waals surface area contributed by atoms with Gasteiger partial charge in [0.15, 0.2) is 15.5 Å². The van der Waals surface area contributed by atoms with E-state index in [9.17, 15) is 18.0 Å². The van der Waals surface area contributed by atoms with Crippen LogP contribution >= 0.6 is 0 Å². The van der Waals surface area contributed by atoms with E-state index in [0.29, 0.717) is 38.3 Å². The molecule has 2 aliphatic rings. The van der Waals surface area contributed by atoms with Gasteiger partial charge in [-0.2, -0.15) is 5.10 Å². The standard InChI is InChI=1S/C18H24N6O4S/c1-12-15-9-14(10-19-16(15)22(2)21-12)20-18(26)24-6-4-23(5-7-24)17(25)13-3-8-29(27,28)11-13/h9-10,13H,3-8,11H2,1-2H3,(H,20,26). The third-order valence-corrected chi connectivity index (χ3v) is 7.34. The Morgan fingerprint density at radius 3 is 2.52 bits per heavy atom. The van der Waals surface area contributed by atoms with Crippen LogP contribution in [0.15, 0.2) is 12.3 Å². The lowest BCUT2D eigenvalue weighted by Gasteiger charge is -2.35. The number of nitrogens with one attached hydrogen (secondary N) is 1. The summed E-state index contributed by atoms with van der Waals surface area (Å²) in [5.74, 6) is -0.537. The van der Waals surface area contributed by atoms with E-state index in [1.165, 1.54) is 0 Å². The minimum absolute atomic E-state index is 0.0598. The summed E-state index contributed by atoms with van der Waals surface area (Å²) in [6.07, 6.45) is 1.99. The number of pyridine rings is 1. The topological polar surface area (TPSA) is 118 Å². The Bertz CT molecular complexity index is 1070. The number of aromatic nitrogens is 3. The minimum Gasteiger partial charge on any atom is -0.339 e. The van der Waals surface area contributed by atoms with Crippen molar-refractivity contribution in [3.8, 4) is 0 Å². The van der Waals surface area contributed by atoms with E-state index in [1.54, 1.807) is 20.7 Å². The number of aryl methyl sites for hydroxylation is 2. The fourth-order valence-electron chi connectivity index (χ4n) is 3.96. The van der Waals surface area contributed by atoms with E-state index in [0.717, 1.165) is 16.7 Å². The largest absolute Gasteiger partial charge is 0.339 e. The van der Waals surface area contributed by atoms with Crippen molar-refractivity contribution in [2.24, 2.45) is 13.0 Å². The van der Waals surface area contributed by atoms with Gasteiger partial charge in [-0.1, -0.05) is 0 Å². The maximum Gasteiger partial charge on any atom is 0.322 e. The molecule has 0 radical (unpaired) electrons. The number of nitrogens with zero attached hydrogens (tertiary/aromatic N) is 5. The lowest BCUT2D eigenvalue weighted by Crippen LogP contribution is -2.53. The number of urea groups is 1. The van der Waals surface area contributed by atoms with Crippen molar-refractivity contribution in [3.63, 3.8) is 0 Å². The number of rotatable bonds is 2. The Labute approximate surface area is 168 Å². The van der Waals surface area contributed by atoms with E-state index in [1.807, 2.05) is 20.0 Å². The van der Waals surface area contributed by atoms with Crippen molar-refractivity contribution in [1.82, 2.24) is 24.6 Å². The van der Waals surface area contributed by atoms with Gasteiger partial charge in [0.1, 0.15) is 0 Å². The third kappa shape index (κ3) is 3.91. The maximum absolute atomic E-state index is 12.6. The molecule has 0 spiro atoms. The Hall–Kier alpha value is -2.69.